The molecule has 2 saturated heterocycles. The van der Waals surface area contributed by atoms with Gasteiger partial charge in [-0.25, -0.2) is 0 Å². The van der Waals surface area contributed by atoms with Crippen LogP contribution in [0.1, 0.15) is 13.3 Å². The van der Waals surface area contributed by atoms with E-state index in [0.29, 0.717) is 32.0 Å². The quantitative estimate of drug-likeness (QED) is 0.340. The first-order valence-electron chi connectivity index (χ1n) is 8.60. The second kappa shape index (κ2) is 11.4. The van der Waals surface area contributed by atoms with Crippen molar-refractivity contribution in [3.63, 3.8) is 0 Å². The molecule has 1 unspecified atom stereocenters. The van der Waals surface area contributed by atoms with Gasteiger partial charge >= 0.3 is 6.18 Å². The molecule has 2 heterocycles. The highest BCUT2D eigenvalue weighted by Gasteiger charge is 2.34. The number of hydrogen-bond acceptors (Lipinski definition) is 4. The standard InChI is InChI=1S/C15H28F3N5O.HI/c1-2-19-14(20-4-6-22-7-9-24-10-8-22)21-13-3-5-23(11-13)12-15(16,17)18;/h13H,2-12H2,1H3,(H2,19,20,21);1H. The summed E-state index contributed by atoms with van der Waals surface area (Å²) in [7, 11) is 0. The van der Waals surface area contributed by atoms with Crippen LogP contribution >= 0.6 is 24.0 Å². The first-order chi connectivity index (χ1) is 11.5. The summed E-state index contributed by atoms with van der Waals surface area (Å²) in [6, 6.07) is 0.00790. The van der Waals surface area contributed by atoms with E-state index in [1.165, 1.54) is 4.90 Å². The van der Waals surface area contributed by atoms with Crippen LogP contribution in [0.2, 0.25) is 0 Å². The molecule has 0 aliphatic carbocycles. The van der Waals surface area contributed by atoms with Crippen molar-refractivity contribution in [1.82, 2.24) is 20.4 Å². The van der Waals surface area contributed by atoms with Crippen molar-refractivity contribution in [3.05, 3.63) is 0 Å². The predicted molar refractivity (Wildman–Crippen MR) is 103 cm³/mol. The number of guanidine groups is 1. The van der Waals surface area contributed by atoms with Crippen LogP contribution in [0.15, 0.2) is 4.99 Å². The van der Waals surface area contributed by atoms with Crippen molar-refractivity contribution in [2.24, 2.45) is 4.99 Å². The van der Waals surface area contributed by atoms with Crippen molar-refractivity contribution in [1.29, 1.82) is 0 Å². The molecular weight excluding hydrogens is 450 g/mol. The minimum atomic E-state index is -4.13. The monoisotopic (exact) mass is 479 g/mol. The molecule has 0 aromatic carbocycles. The van der Waals surface area contributed by atoms with E-state index < -0.39 is 12.7 Å². The van der Waals surface area contributed by atoms with E-state index in [2.05, 4.69) is 20.5 Å². The first kappa shape index (κ1) is 22.7. The predicted octanol–water partition coefficient (Wildman–Crippen LogP) is 1.13. The Morgan fingerprint density at radius 2 is 1.92 bits per heavy atom. The fourth-order valence-electron chi connectivity index (χ4n) is 2.99. The third kappa shape index (κ3) is 9.25. The minimum absolute atomic E-state index is 0. The van der Waals surface area contributed by atoms with Gasteiger partial charge in [0.05, 0.1) is 26.3 Å². The van der Waals surface area contributed by atoms with Gasteiger partial charge in [-0.05, 0) is 13.3 Å². The molecule has 0 spiro atoms. The Kier molecular flexibility index (Phi) is 10.4. The number of nitrogens with zero attached hydrogens (tertiary/aromatic N) is 3. The van der Waals surface area contributed by atoms with Gasteiger partial charge in [0, 0.05) is 45.3 Å². The van der Waals surface area contributed by atoms with Crippen LogP contribution < -0.4 is 10.6 Å². The highest BCUT2D eigenvalue weighted by Crippen LogP contribution is 2.19. The van der Waals surface area contributed by atoms with Gasteiger partial charge in [-0.3, -0.25) is 14.8 Å². The third-order valence-electron chi connectivity index (χ3n) is 4.15. The summed E-state index contributed by atoms with van der Waals surface area (Å²) < 4.78 is 42.7. The maximum Gasteiger partial charge on any atom is 0.401 e. The van der Waals surface area contributed by atoms with Crippen LogP contribution in [0.4, 0.5) is 13.2 Å². The second-order valence-corrected chi connectivity index (χ2v) is 6.19. The Morgan fingerprint density at radius 3 is 2.56 bits per heavy atom. The van der Waals surface area contributed by atoms with Gasteiger partial charge in [-0.15, -0.1) is 24.0 Å². The lowest BCUT2D eigenvalue weighted by Crippen LogP contribution is -2.45. The highest BCUT2D eigenvalue weighted by atomic mass is 127. The van der Waals surface area contributed by atoms with E-state index in [4.69, 9.17) is 4.74 Å². The Bertz CT molecular complexity index is 405. The summed E-state index contributed by atoms with van der Waals surface area (Å²) in [5, 5.41) is 6.42. The van der Waals surface area contributed by atoms with Gasteiger partial charge in [0.2, 0.25) is 0 Å². The van der Waals surface area contributed by atoms with Crippen molar-refractivity contribution >= 4 is 29.9 Å². The van der Waals surface area contributed by atoms with Gasteiger partial charge in [0.25, 0.3) is 0 Å². The van der Waals surface area contributed by atoms with E-state index in [-0.39, 0.29) is 30.0 Å². The largest absolute Gasteiger partial charge is 0.401 e. The fraction of sp³-hybridized carbons (Fsp3) is 0.933. The molecule has 0 aromatic rings. The molecule has 2 rings (SSSR count). The number of aliphatic imine (C=N–C) groups is 1. The maximum atomic E-state index is 12.4. The molecule has 1 atom stereocenters. The normalized spacial score (nSPS) is 23.4. The zero-order valence-electron chi connectivity index (χ0n) is 14.6. The number of rotatable bonds is 6. The molecule has 0 radical (unpaired) electrons. The average Bonchev–Trinajstić information content (AvgIpc) is 2.93. The van der Waals surface area contributed by atoms with Crippen LogP contribution in [-0.4, -0.2) is 93.5 Å². The lowest BCUT2D eigenvalue weighted by atomic mass is 10.3. The van der Waals surface area contributed by atoms with E-state index >= 15 is 0 Å². The Balaban J connectivity index is 0.00000312. The van der Waals surface area contributed by atoms with Crippen LogP contribution in [0, 0.1) is 0 Å². The molecular formula is C15H29F3IN5O. The molecule has 0 amide bonds. The smallest absolute Gasteiger partial charge is 0.379 e. The van der Waals surface area contributed by atoms with Crippen LogP contribution in [0.5, 0.6) is 0 Å². The zero-order chi connectivity index (χ0) is 17.4. The summed E-state index contributed by atoms with van der Waals surface area (Å²) in [6.45, 7) is 7.63. The molecule has 10 heteroatoms. The molecule has 0 saturated carbocycles. The molecule has 6 nitrogen and oxygen atoms in total. The summed E-state index contributed by atoms with van der Waals surface area (Å²) in [5.74, 6) is 0.685. The van der Waals surface area contributed by atoms with E-state index in [0.717, 1.165) is 39.4 Å². The van der Waals surface area contributed by atoms with E-state index in [1.807, 2.05) is 6.92 Å². The second-order valence-electron chi connectivity index (χ2n) is 6.19. The topological polar surface area (TPSA) is 52.1 Å². The minimum Gasteiger partial charge on any atom is -0.379 e. The molecule has 2 aliphatic heterocycles. The number of alkyl halides is 3. The molecule has 148 valence electrons. The molecule has 0 aromatic heterocycles. The molecule has 2 aliphatic rings. The zero-order valence-corrected chi connectivity index (χ0v) is 17.0. The van der Waals surface area contributed by atoms with E-state index in [1.54, 1.807) is 0 Å². The van der Waals surface area contributed by atoms with Crippen LogP contribution in [0.25, 0.3) is 0 Å². The number of nitrogens with one attached hydrogen (secondary N) is 2. The molecule has 25 heavy (non-hydrogen) atoms. The lowest BCUT2D eigenvalue weighted by Gasteiger charge is -2.26. The summed E-state index contributed by atoms with van der Waals surface area (Å²) in [5.41, 5.74) is 0. The number of morpholine rings is 1. The van der Waals surface area contributed by atoms with Crippen LogP contribution in [-0.2, 0) is 4.74 Å². The maximum absolute atomic E-state index is 12.4. The summed E-state index contributed by atoms with van der Waals surface area (Å²) >= 11 is 0. The Morgan fingerprint density at radius 1 is 1.20 bits per heavy atom. The SMILES string of the molecule is CCNC(=NCCN1CCOCC1)NC1CCN(CC(F)(F)F)C1.I. The van der Waals surface area contributed by atoms with Gasteiger partial charge in [-0.1, -0.05) is 0 Å². The number of halogens is 4. The van der Waals surface area contributed by atoms with E-state index in [9.17, 15) is 13.2 Å². The molecule has 0 bridgehead atoms. The average molecular weight is 479 g/mol. The van der Waals surface area contributed by atoms with Gasteiger partial charge in [0.15, 0.2) is 5.96 Å². The number of hydrogen-bond donors (Lipinski definition) is 2. The van der Waals surface area contributed by atoms with Gasteiger partial charge in [-0.2, -0.15) is 13.2 Å². The van der Waals surface area contributed by atoms with Gasteiger partial charge < -0.3 is 15.4 Å². The lowest BCUT2D eigenvalue weighted by molar-refractivity contribution is -0.143. The van der Waals surface area contributed by atoms with Gasteiger partial charge in [0.1, 0.15) is 0 Å². The molecule has 2 fully saturated rings. The Hall–Kier alpha value is -0.330. The van der Waals surface area contributed by atoms with Crippen molar-refractivity contribution in [2.75, 3.05) is 65.6 Å². The van der Waals surface area contributed by atoms with Crippen molar-refractivity contribution in [2.45, 2.75) is 25.6 Å². The van der Waals surface area contributed by atoms with Crippen molar-refractivity contribution < 1.29 is 17.9 Å². The summed E-state index contributed by atoms with van der Waals surface area (Å²) in [4.78, 5) is 8.28. The highest BCUT2D eigenvalue weighted by molar-refractivity contribution is 14.0. The fourth-order valence-corrected chi connectivity index (χ4v) is 2.99. The van der Waals surface area contributed by atoms with Crippen molar-refractivity contribution in [3.8, 4) is 0 Å². The molecule has 2 N–H and O–H groups in total. The summed E-state index contributed by atoms with van der Waals surface area (Å²) in [6.07, 6.45) is -3.43. The number of ether oxygens (including phenoxy) is 1. The Labute approximate surface area is 164 Å². The first-order valence-corrected chi connectivity index (χ1v) is 8.60. The third-order valence-corrected chi connectivity index (χ3v) is 4.15. The van der Waals surface area contributed by atoms with Crippen LogP contribution in [0.3, 0.4) is 0 Å². The number of likely N-dealkylation sites (tertiary alicyclic amines) is 1.